The second-order valence-electron chi connectivity index (χ2n) is 7.35. The van der Waals surface area contributed by atoms with E-state index in [0.717, 1.165) is 29.5 Å². The summed E-state index contributed by atoms with van der Waals surface area (Å²) in [5.74, 6) is -1.46. The van der Waals surface area contributed by atoms with Crippen LogP contribution in [0.25, 0.3) is 15.9 Å². The molecule has 1 saturated carbocycles. The van der Waals surface area contributed by atoms with Crippen molar-refractivity contribution in [3.05, 3.63) is 66.0 Å². The molecule has 31 heavy (non-hydrogen) atoms. The van der Waals surface area contributed by atoms with Gasteiger partial charge in [-0.2, -0.15) is 15.0 Å². The number of hydrogen-bond acceptors (Lipinski definition) is 6. The van der Waals surface area contributed by atoms with Crippen LogP contribution in [0.3, 0.4) is 0 Å². The monoisotopic (exact) mass is 440 g/mol. The largest absolute Gasteiger partial charge is 0.357 e. The highest BCUT2D eigenvalue weighted by molar-refractivity contribution is 7.22. The number of aromatic nitrogens is 4. The fourth-order valence-electron chi connectivity index (χ4n) is 3.91. The molecule has 1 unspecified atom stereocenters. The fraction of sp³-hybridized carbons (Fsp3) is 0.238. The molecule has 158 valence electrons. The van der Waals surface area contributed by atoms with Crippen molar-refractivity contribution < 1.29 is 13.6 Å². The van der Waals surface area contributed by atoms with Crippen molar-refractivity contribution in [2.45, 2.75) is 31.3 Å². The van der Waals surface area contributed by atoms with Crippen molar-refractivity contribution in [3.63, 3.8) is 0 Å². The third-order valence-corrected chi connectivity index (χ3v) is 6.29. The van der Waals surface area contributed by atoms with Crippen LogP contribution < -0.4 is 10.6 Å². The second kappa shape index (κ2) is 8.03. The molecule has 2 heterocycles. The van der Waals surface area contributed by atoms with Gasteiger partial charge < -0.3 is 10.6 Å². The van der Waals surface area contributed by atoms with E-state index in [9.17, 15) is 13.6 Å². The number of nitrogens with one attached hydrogen (secondary N) is 2. The zero-order chi connectivity index (χ0) is 21.4. The molecule has 0 aliphatic heterocycles. The Morgan fingerprint density at radius 2 is 1.90 bits per heavy atom. The molecule has 0 radical (unpaired) electrons. The Morgan fingerprint density at radius 3 is 2.74 bits per heavy atom. The van der Waals surface area contributed by atoms with E-state index in [2.05, 4.69) is 25.8 Å². The van der Waals surface area contributed by atoms with Gasteiger partial charge in [0, 0.05) is 12.1 Å². The molecule has 1 amide bonds. The third kappa shape index (κ3) is 3.86. The van der Waals surface area contributed by atoms with Crippen LogP contribution in [0.5, 0.6) is 0 Å². The predicted molar refractivity (Wildman–Crippen MR) is 113 cm³/mol. The zero-order valence-corrected chi connectivity index (χ0v) is 17.1. The molecule has 0 spiro atoms. The Bertz CT molecular complexity index is 1240. The van der Waals surface area contributed by atoms with E-state index in [1.54, 1.807) is 12.1 Å². The van der Waals surface area contributed by atoms with Gasteiger partial charge in [-0.1, -0.05) is 17.4 Å². The molecule has 1 fully saturated rings. The number of amides is 1. The van der Waals surface area contributed by atoms with E-state index in [1.165, 1.54) is 52.8 Å². The summed E-state index contributed by atoms with van der Waals surface area (Å²) in [6, 6.07) is 8.57. The average molecular weight is 440 g/mol. The van der Waals surface area contributed by atoms with E-state index in [0.29, 0.717) is 5.13 Å². The molecule has 2 aromatic heterocycles. The smallest absolute Gasteiger partial charge is 0.256 e. The van der Waals surface area contributed by atoms with Crippen LogP contribution in [0.1, 0.15) is 29.6 Å². The lowest BCUT2D eigenvalue weighted by Crippen LogP contribution is -2.43. The summed E-state index contributed by atoms with van der Waals surface area (Å²) >= 11 is 1.36. The minimum atomic E-state index is -0.636. The first-order valence-electron chi connectivity index (χ1n) is 9.87. The molecule has 10 heteroatoms. The predicted octanol–water partition coefficient (Wildman–Crippen LogP) is 3.92. The summed E-state index contributed by atoms with van der Waals surface area (Å²) < 4.78 is 28.8. The number of anilines is 1. The van der Waals surface area contributed by atoms with Crippen LogP contribution in [0, 0.1) is 11.6 Å². The van der Waals surface area contributed by atoms with Gasteiger partial charge in [-0.15, -0.1) is 0 Å². The summed E-state index contributed by atoms with van der Waals surface area (Å²) in [4.78, 5) is 18.7. The van der Waals surface area contributed by atoms with Crippen LogP contribution >= 0.6 is 11.3 Å². The zero-order valence-electron chi connectivity index (χ0n) is 16.3. The number of nitrogens with zero attached hydrogens (tertiary/aromatic N) is 4. The molecule has 0 saturated heterocycles. The van der Waals surface area contributed by atoms with Crippen LogP contribution in [0.4, 0.5) is 13.9 Å². The Kier molecular flexibility index (Phi) is 5.06. The molecule has 2 N–H and O–H groups in total. The molecule has 0 bridgehead atoms. The quantitative estimate of drug-likeness (QED) is 0.491. The second-order valence-corrected chi connectivity index (χ2v) is 8.38. The number of carbonyl (C=O) groups is 1. The molecule has 5 rings (SSSR count). The normalized spacial score (nSPS) is 18.4. The van der Waals surface area contributed by atoms with Crippen LogP contribution in [-0.4, -0.2) is 38.0 Å². The highest BCUT2D eigenvalue weighted by Gasteiger charge is 2.31. The van der Waals surface area contributed by atoms with E-state index in [-0.39, 0.29) is 29.2 Å². The van der Waals surface area contributed by atoms with Crippen molar-refractivity contribution in [3.8, 4) is 5.69 Å². The minimum absolute atomic E-state index is 0.0626. The Labute approximate surface area is 180 Å². The van der Waals surface area contributed by atoms with Gasteiger partial charge in [-0.25, -0.2) is 13.8 Å². The average Bonchev–Trinajstić information content (AvgIpc) is 3.49. The molecule has 2 aromatic carbocycles. The van der Waals surface area contributed by atoms with Crippen LogP contribution in [-0.2, 0) is 0 Å². The maximum Gasteiger partial charge on any atom is 0.256 e. The summed E-state index contributed by atoms with van der Waals surface area (Å²) in [7, 11) is 0. The van der Waals surface area contributed by atoms with Crippen molar-refractivity contribution in [1.29, 1.82) is 0 Å². The number of halogens is 2. The number of hydrogen-bond donors (Lipinski definition) is 2. The van der Waals surface area contributed by atoms with E-state index in [4.69, 9.17) is 0 Å². The first kappa shape index (κ1) is 19.6. The Balaban J connectivity index is 1.35. The van der Waals surface area contributed by atoms with Gasteiger partial charge in [0.05, 0.1) is 22.6 Å². The maximum absolute atomic E-state index is 14.6. The van der Waals surface area contributed by atoms with Crippen LogP contribution in [0.2, 0.25) is 0 Å². The fourth-order valence-corrected chi connectivity index (χ4v) is 4.86. The molecule has 4 aromatic rings. The lowest BCUT2D eigenvalue weighted by molar-refractivity contribution is 0.0931. The van der Waals surface area contributed by atoms with E-state index < -0.39 is 11.7 Å². The van der Waals surface area contributed by atoms with Crippen molar-refractivity contribution in [2.24, 2.45) is 0 Å². The number of benzene rings is 2. The highest BCUT2D eigenvalue weighted by Crippen LogP contribution is 2.30. The van der Waals surface area contributed by atoms with Crippen LogP contribution in [0.15, 0.2) is 48.8 Å². The Hall–Kier alpha value is -3.40. The van der Waals surface area contributed by atoms with Gasteiger partial charge in [-0.05, 0) is 49.6 Å². The summed E-state index contributed by atoms with van der Waals surface area (Å²) in [6.45, 7) is 0. The lowest BCUT2D eigenvalue weighted by atomic mass is 10.1. The Morgan fingerprint density at radius 1 is 1.10 bits per heavy atom. The summed E-state index contributed by atoms with van der Waals surface area (Å²) in [5, 5.41) is 15.0. The summed E-state index contributed by atoms with van der Waals surface area (Å²) in [5.41, 5.74) is 0.897. The van der Waals surface area contributed by atoms with Gasteiger partial charge in [0.15, 0.2) is 5.13 Å². The number of carbonyl (C=O) groups excluding carboxylic acids is 1. The van der Waals surface area contributed by atoms with Crippen molar-refractivity contribution in [1.82, 2.24) is 25.3 Å². The van der Waals surface area contributed by atoms with Crippen molar-refractivity contribution >= 4 is 32.6 Å². The molecule has 2 atom stereocenters. The van der Waals surface area contributed by atoms with E-state index >= 15 is 0 Å². The topological polar surface area (TPSA) is 84.7 Å². The first-order chi connectivity index (χ1) is 15.1. The number of fused-ring (bicyclic) bond motifs is 1. The lowest BCUT2D eigenvalue weighted by Gasteiger charge is -2.22. The van der Waals surface area contributed by atoms with Gasteiger partial charge in [0.1, 0.15) is 22.9 Å². The maximum atomic E-state index is 14.6. The molecular weight excluding hydrogens is 422 g/mol. The SMILES string of the molecule is O=C(NC1CCC[C@@H]1Nc1nc2ccc(F)cc2s1)c1c(F)cccc1-n1nccn1. The highest BCUT2D eigenvalue weighted by atomic mass is 32.1. The number of thiazole rings is 1. The van der Waals surface area contributed by atoms with Gasteiger partial charge in [0.25, 0.3) is 5.91 Å². The van der Waals surface area contributed by atoms with Gasteiger partial charge in [-0.3, -0.25) is 4.79 Å². The standard InChI is InChI=1S/C21H18F2N6OS/c22-12-7-8-16-18(11-12)31-21(28-16)27-15-5-2-4-14(15)26-20(30)19-13(23)3-1-6-17(19)29-24-9-10-25-29/h1,3,6-11,14-15H,2,4-5H2,(H,26,30)(H,27,28)/t14?,15-/m0/s1. The van der Waals surface area contributed by atoms with Gasteiger partial charge in [0.2, 0.25) is 0 Å². The molecule has 1 aliphatic carbocycles. The molecule has 1 aliphatic rings. The number of rotatable bonds is 5. The van der Waals surface area contributed by atoms with Crippen molar-refractivity contribution in [2.75, 3.05) is 5.32 Å². The molecular formula is C21H18F2N6OS. The van der Waals surface area contributed by atoms with Gasteiger partial charge >= 0.3 is 0 Å². The summed E-state index contributed by atoms with van der Waals surface area (Å²) in [6.07, 6.45) is 5.43. The van der Waals surface area contributed by atoms with E-state index in [1.807, 2.05) is 0 Å². The first-order valence-corrected chi connectivity index (χ1v) is 10.7. The molecule has 7 nitrogen and oxygen atoms in total. The third-order valence-electron chi connectivity index (χ3n) is 5.34. The minimum Gasteiger partial charge on any atom is -0.357 e.